The highest BCUT2D eigenvalue weighted by atomic mass is 35.5. The van der Waals surface area contributed by atoms with E-state index < -0.39 is 0 Å². The standard InChI is InChI=1S/C24H27Cl3N4O.ClH/c1-14-5-4-6-15(2)30(14)29-24(32)22-16(3)23(17-7-9-18(25)10-8-17)31(28-22)21-12-11-19(26)13-20(21)27;/h7-16,23H,4-6H2,1-3H3,(H,29,32);1H/t14-,15+,16-,23+;/m1./s1. The number of rotatable bonds is 4. The average Bonchev–Trinajstić information content (AvgIpc) is 3.08. The number of nitrogens with one attached hydrogen (secondary N) is 1. The van der Waals surface area contributed by atoms with Gasteiger partial charge in [0.05, 0.1) is 16.8 Å². The Hall–Kier alpha value is -1.50. The predicted molar refractivity (Wildman–Crippen MR) is 140 cm³/mol. The van der Waals surface area contributed by atoms with Crippen molar-refractivity contribution in [1.29, 1.82) is 0 Å². The lowest BCUT2D eigenvalue weighted by Crippen LogP contribution is -2.56. The van der Waals surface area contributed by atoms with E-state index in [-0.39, 0.29) is 42.4 Å². The minimum Gasteiger partial charge on any atom is -0.283 e. The van der Waals surface area contributed by atoms with Crippen LogP contribution in [0.1, 0.15) is 51.6 Å². The molecule has 0 aliphatic carbocycles. The summed E-state index contributed by atoms with van der Waals surface area (Å²) in [5.41, 5.74) is 5.30. The highest BCUT2D eigenvalue weighted by molar-refractivity contribution is 6.41. The summed E-state index contributed by atoms with van der Waals surface area (Å²) in [6, 6.07) is 13.3. The summed E-state index contributed by atoms with van der Waals surface area (Å²) < 4.78 is 0. The number of carbonyl (C=O) groups excluding carboxylic acids is 1. The van der Waals surface area contributed by atoms with Gasteiger partial charge in [-0.3, -0.25) is 15.2 Å². The van der Waals surface area contributed by atoms with E-state index in [1.54, 1.807) is 12.1 Å². The van der Waals surface area contributed by atoms with Crippen LogP contribution in [0.3, 0.4) is 0 Å². The van der Waals surface area contributed by atoms with Crippen LogP contribution >= 0.6 is 47.2 Å². The third-order valence-corrected chi connectivity index (χ3v) is 7.20. The van der Waals surface area contributed by atoms with Gasteiger partial charge in [0, 0.05) is 28.0 Å². The molecule has 5 nitrogen and oxygen atoms in total. The van der Waals surface area contributed by atoms with Crippen LogP contribution in [0.4, 0.5) is 5.69 Å². The molecule has 0 spiro atoms. The van der Waals surface area contributed by atoms with Crippen LogP contribution in [-0.4, -0.2) is 28.7 Å². The number of carbonyl (C=O) groups is 1. The summed E-state index contributed by atoms with van der Waals surface area (Å²) in [4.78, 5) is 13.4. The molecule has 4 atom stereocenters. The topological polar surface area (TPSA) is 47.9 Å². The van der Waals surface area contributed by atoms with E-state index in [0.29, 0.717) is 26.5 Å². The molecule has 0 unspecified atom stereocenters. The van der Waals surface area contributed by atoms with Crippen molar-refractivity contribution in [2.75, 3.05) is 5.01 Å². The van der Waals surface area contributed by atoms with Crippen LogP contribution in [0.15, 0.2) is 47.6 Å². The Kier molecular flexibility index (Phi) is 8.57. The Balaban J connectivity index is 0.00000306. The summed E-state index contributed by atoms with van der Waals surface area (Å²) >= 11 is 18.8. The van der Waals surface area contributed by atoms with Gasteiger partial charge in [-0.1, -0.05) is 60.3 Å². The molecule has 2 aliphatic heterocycles. The minimum absolute atomic E-state index is 0. The smallest absolute Gasteiger partial charge is 0.282 e. The van der Waals surface area contributed by atoms with Crippen LogP contribution in [0, 0.1) is 5.92 Å². The highest BCUT2D eigenvalue weighted by Crippen LogP contribution is 2.42. The van der Waals surface area contributed by atoms with Crippen LogP contribution in [0.2, 0.25) is 15.1 Å². The number of nitrogens with zero attached hydrogens (tertiary/aromatic N) is 3. The minimum atomic E-state index is -0.206. The normalized spacial score (nSPS) is 25.4. The lowest BCUT2D eigenvalue weighted by molar-refractivity contribution is -0.122. The molecule has 0 radical (unpaired) electrons. The Labute approximate surface area is 216 Å². The molecule has 2 aromatic carbocycles. The van der Waals surface area contributed by atoms with Crippen molar-refractivity contribution in [2.24, 2.45) is 11.0 Å². The summed E-state index contributed by atoms with van der Waals surface area (Å²) in [5.74, 6) is -0.344. The number of hydrazone groups is 1. The maximum absolute atomic E-state index is 13.4. The first-order valence-corrected chi connectivity index (χ1v) is 12.1. The van der Waals surface area contributed by atoms with Gasteiger partial charge in [0.15, 0.2) is 0 Å². The maximum Gasteiger partial charge on any atom is 0.282 e. The molecule has 2 heterocycles. The third-order valence-electron chi connectivity index (χ3n) is 6.41. The Bertz CT molecular complexity index is 1020. The van der Waals surface area contributed by atoms with Gasteiger partial charge in [-0.2, -0.15) is 5.10 Å². The number of hydrogen-bond acceptors (Lipinski definition) is 4. The fourth-order valence-electron chi connectivity index (χ4n) is 4.66. The molecule has 0 aromatic heterocycles. The number of anilines is 1. The molecule has 2 aliphatic rings. The lowest BCUT2D eigenvalue weighted by atomic mass is 9.91. The Morgan fingerprint density at radius 1 is 0.970 bits per heavy atom. The van der Waals surface area contributed by atoms with E-state index in [2.05, 4.69) is 24.3 Å². The quantitative estimate of drug-likeness (QED) is 0.467. The fourth-order valence-corrected chi connectivity index (χ4v) is 5.28. The van der Waals surface area contributed by atoms with Crippen LogP contribution in [0.25, 0.3) is 0 Å². The molecule has 33 heavy (non-hydrogen) atoms. The summed E-state index contributed by atoms with van der Waals surface area (Å²) in [7, 11) is 0. The fraction of sp³-hybridized carbons (Fsp3) is 0.417. The molecule has 1 fully saturated rings. The number of amides is 1. The molecular formula is C24H28Cl4N4O. The summed E-state index contributed by atoms with van der Waals surface area (Å²) in [6.45, 7) is 6.31. The molecule has 0 saturated carbocycles. The monoisotopic (exact) mass is 528 g/mol. The van der Waals surface area contributed by atoms with E-state index in [9.17, 15) is 4.79 Å². The highest BCUT2D eigenvalue weighted by Gasteiger charge is 2.41. The molecule has 1 saturated heterocycles. The Morgan fingerprint density at radius 2 is 1.58 bits per heavy atom. The predicted octanol–water partition coefficient (Wildman–Crippen LogP) is 6.92. The van der Waals surface area contributed by atoms with Crippen molar-refractivity contribution < 1.29 is 4.79 Å². The van der Waals surface area contributed by atoms with Crippen LogP contribution in [0.5, 0.6) is 0 Å². The van der Waals surface area contributed by atoms with Crippen LogP contribution in [-0.2, 0) is 4.79 Å². The van der Waals surface area contributed by atoms with Gasteiger partial charge in [-0.25, -0.2) is 5.01 Å². The lowest BCUT2D eigenvalue weighted by Gasteiger charge is -2.38. The van der Waals surface area contributed by atoms with Crippen molar-refractivity contribution in [3.63, 3.8) is 0 Å². The Morgan fingerprint density at radius 3 is 2.18 bits per heavy atom. The largest absolute Gasteiger partial charge is 0.283 e. The molecule has 9 heteroatoms. The van der Waals surface area contributed by atoms with Gasteiger partial charge in [-0.05, 0) is 62.6 Å². The second-order valence-corrected chi connectivity index (χ2v) is 9.97. The number of piperidine rings is 1. The van der Waals surface area contributed by atoms with E-state index >= 15 is 0 Å². The summed E-state index contributed by atoms with van der Waals surface area (Å²) in [5, 5.41) is 10.3. The van der Waals surface area contributed by atoms with Gasteiger partial charge in [0.2, 0.25) is 0 Å². The van der Waals surface area contributed by atoms with Gasteiger partial charge >= 0.3 is 0 Å². The van der Waals surface area contributed by atoms with Crippen molar-refractivity contribution in [3.8, 4) is 0 Å². The van der Waals surface area contributed by atoms with Gasteiger partial charge < -0.3 is 0 Å². The van der Waals surface area contributed by atoms with Crippen LogP contribution < -0.4 is 10.4 Å². The van der Waals surface area contributed by atoms with Crippen molar-refractivity contribution in [2.45, 2.75) is 58.2 Å². The second kappa shape index (κ2) is 10.8. The first-order valence-electron chi connectivity index (χ1n) is 10.9. The average molecular weight is 530 g/mol. The zero-order valence-corrected chi connectivity index (χ0v) is 21.8. The summed E-state index contributed by atoms with van der Waals surface area (Å²) in [6.07, 6.45) is 3.30. The van der Waals surface area contributed by atoms with Crippen molar-refractivity contribution >= 4 is 64.5 Å². The maximum atomic E-state index is 13.4. The third kappa shape index (κ3) is 5.44. The molecule has 1 amide bonds. The molecular weight excluding hydrogens is 502 g/mol. The van der Waals surface area contributed by atoms with E-state index in [0.717, 1.165) is 18.4 Å². The zero-order valence-electron chi connectivity index (χ0n) is 18.8. The first kappa shape index (κ1) is 26.1. The first-order chi connectivity index (χ1) is 15.3. The number of hydrogen-bond donors (Lipinski definition) is 1. The van der Waals surface area contributed by atoms with Crippen molar-refractivity contribution in [1.82, 2.24) is 10.4 Å². The number of benzene rings is 2. The molecule has 4 rings (SSSR count). The second-order valence-electron chi connectivity index (χ2n) is 8.69. The van der Waals surface area contributed by atoms with E-state index in [1.807, 2.05) is 42.3 Å². The van der Waals surface area contributed by atoms with Gasteiger partial charge in [0.1, 0.15) is 5.71 Å². The SMILES string of the molecule is C[C@@H]1C(C(=O)NN2[C@H](C)CCC[C@@H]2C)=NN(c2ccc(Cl)cc2Cl)[C@@H]1c1ccc(Cl)cc1.Cl. The molecule has 1 N–H and O–H groups in total. The zero-order chi connectivity index (χ0) is 23.0. The van der Waals surface area contributed by atoms with E-state index in [1.165, 1.54) is 6.42 Å². The van der Waals surface area contributed by atoms with Gasteiger partial charge in [0.25, 0.3) is 5.91 Å². The van der Waals surface area contributed by atoms with Crippen molar-refractivity contribution in [3.05, 3.63) is 63.1 Å². The molecule has 178 valence electrons. The number of halogens is 4. The number of hydrazine groups is 1. The molecule has 2 aromatic rings. The van der Waals surface area contributed by atoms with Gasteiger partial charge in [-0.15, -0.1) is 12.4 Å². The molecule has 0 bridgehead atoms. The van der Waals surface area contributed by atoms with E-state index in [4.69, 9.17) is 39.9 Å².